The summed E-state index contributed by atoms with van der Waals surface area (Å²) in [6.45, 7) is 1.21. The predicted octanol–water partition coefficient (Wildman–Crippen LogP) is 4.14. The van der Waals surface area contributed by atoms with Gasteiger partial charge >= 0.3 is 0 Å². The molecule has 1 aliphatic heterocycles. The van der Waals surface area contributed by atoms with Crippen LogP contribution < -0.4 is 5.32 Å². The number of nitrogens with zero attached hydrogens (tertiary/aromatic N) is 1. The number of rotatable bonds is 3. The molecule has 0 unspecified atom stereocenters. The van der Waals surface area contributed by atoms with Crippen LogP contribution in [0.25, 0.3) is 0 Å². The zero-order chi connectivity index (χ0) is 17.8. The smallest absolute Gasteiger partial charge is 0.255 e. The SMILES string of the molecule is O=C(NC1CCN(C(=O)c2ccccc2Cl)CC1)c1ccc(Br)cc1. The molecule has 25 heavy (non-hydrogen) atoms. The summed E-state index contributed by atoms with van der Waals surface area (Å²) in [4.78, 5) is 26.6. The summed E-state index contributed by atoms with van der Waals surface area (Å²) in [6.07, 6.45) is 1.47. The van der Waals surface area contributed by atoms with Crippen molar-refractivity contribution in [2.45, 2.75) is 18.9 Å². The molecular weight excluding hydrogens is 404 g/mol. The molecule has 0 radical (unpaired) electrons. The lowest BCUT2D eigenvalue weighted by Gasteiger charge is -2.32. The molecular formula is C19H18BrClN2O2. The van der Waals surface area contributed by atoms with Crippen LogP contribution in [0.5, 0.6) is 0 Å². The summed E-state index contributed by atoms with van der Waals surface area (Å²) in [6, 6.07) is 14.4. The van der Waals surface area contributed by atoms with E-state index >= 15 is 0 Å². The lowest BCUT2D eigenvalue weighted by atomic mass is 10.0. The Morgan fingerprint density at radius 1 is 1.04 bits per heavy atom. The number of amides is 2. The van der Waals surface area contributed by atoms with Crippen molar-refractivity contribution >= 4 is 39.3 Å². The van der Waals surface area contributed by atoms with Crippen LogP contribution in [-0.4, -0.2) is 35.8 Å². The molecule has 0 aliphatic carbocycles. The van der Waals surface area contributed by atoms with Gasteiger partial charge in [0.15, 0.2) is 0 Å². The molecule has 0 bridgehead atoms. The molecule has 1 fully saturated rings. The molecule has 2 aromatic rings. The number of hydrogen-bond acceptors (Lipinski definition) is 2. The first-order valence-electron chi connectivity index (χ1n) is 8.15. The molecule has 130 valence electrons. The number of carbonyl (C=O) groups excluding carboxylic acids is 2. The number of piperidine rings is 1. The molecule has 3 rings (SSSR count). The van der Waals surface area contributed by atoms with Crippen molar-refractivity contribution < 1.29 is 9.59 Å². The fraction of sp³-hybridized carbons (Fsp3) is 0.263. The highest BCUT2D eigenvalue weighted by molar-refractivity contribution is 9.10. The number of nitrogens with one attached hydrogen (secondary N) is 1. The second-order valence-electron chi connectivity index (χ2n) is 6.03. The Labute approximate surface area is 160 Å². The Morgan fingerprint density at radius 2 is 1.68 bits per heavy atom. The van der Waals surface area contributed by atoms with Crippen molar-refractivity contribution in [2.24, 2.45) is 0 Å². The largest absolute Gasteiger partial charge is 0.349 e. The first-order chi connectivity index (χ1) is 12.0. The van der Waals surface area contributed by atoms with Crippen LogP contribution in [-0.2, 0) is 0 Å². The normalized spacial score (nSPS) is 15.0. The van der Waals surface area contributed by atoms with Gasteiger partial charge in [0.05, 0.1) is 10.6 Å². The van der Waals surface area contributed by atoms with Gasteiger partial charge in [-0.05, 0) is 49.2 Å². The predicted molar refractivity (Wildman–Crippen MR) is 102 cm³/mol. The van der Waals surface area contributed by atoms with E-state index in [0.29, 0.717) is 29.2 Å². The van der Waals surface area contributed by atoms with Crippen molar-refractivity contribution in [3.63, 3.8) is 0 Å². The van der Waals surface area contributed by atoms with E-state index < -0.39 is 0 Å². The van der Waals surface area contributed by atoms with Crippen molar-refractivity contribution in [3.8, 4) is 0 Å². The van der Waals surface area contributed by atoms with E-state index in [9.17, 15) is 9.59 Å². The third-order valence-electron chi connectivity index (χ3n) is 4.33. The zero-order valence-electron chi connectivity index (χ0n) is 13.5. The van der Waals surface area contributed by atoms with Gasteiger partial charge in [0.2, 0.25) is 0 Å². The average Bonchev–Trinajstić information content (AvgIpc) is 2.63. The lowest BCUT2D eigenvalue weighted by molar-refractivity contribution is 0.0698. The number of hydrogen-bond donors (Lipinski definition) is 1. The second kappa shape index (κ2) is 8.02. The van der Waals surface area contributed by atoms with Gasteiger partial charge in [-0.1, -0.05) is 39.7 Å². The molecule has 1 saturated heterocycles. The summed E-state index contributed by atoms with van der Waals surface area (Å²) >= 11 is 9.47. The standard InChI is InChI=1S/C19H18BrClN2O2/c20-14-7-5-13(6-8-14)18(24)22-15-9-11-23(12-10-15)19(25)16-3-1-2-4-17(16)21/h1-8,15H,9-12H2,(H,22,24). The Bertz CT molecular complexity index is 771. The molecule has 1 heterocycles. The Kier molecular flexibility index (Phi) is 5.76. The summed E-state index contributed by atoms with van der Waals surface area (Å²) in [5.74, 6) is -0.133. The van der Waals surface area contributed by atoms with Crippen LogP contribution in [0.4, 0.5) is 0 Å². The summed E-state index contributed by atoms with van der Waals surface area (Å²) < 4.78 is 0.940. The maximum atomic E-state index is 12.6. The van der Waals surface area contributed by atoms with Gasteiger partial charge in [-0.15, -0.1) is 0 Å². The van der Waals surface area contributed by atoms with E-state index in [1.54, 1.807) is 29.2 Å². The minimum absolute atomic E-state index is 0.0525. The van der Waals surface area contributed by atoms with Gasteiger partial charge in [-0.3, -0.25) is 9.59 Å². The van der Waals surface area contributed by atoms with E-state index in [-0.39, 0.29) is 17.9 Å². The van der Waals surface area contributed by atoms with Gasteiger partial charge in [0.25, 0.3) is 11.8 Å². The molecule has 6 heteroatoms. The first-order valence-corrected chi connectivity index (χ1v) is 9.32. The van der Waals surface area contributed by atoms with E-state index in [1.807, 2.05) is 24.3 Å². The van der Waals surface area contributed by atoms with Crippen molar-refractivity contribution in [2.75, 3.05) is 13.1 Å². The molecule has 0 atom stereocenters. The van der Waals surface area contributed by atoms with E-state index in [2.05, 4.69) is 21.2 Å². The topological polar surface area (TPSA) is 49.4 Å². The molecule has 1 N–H and O–H groups in total. The maximum Gasteiger partial charge on any atom is 0.255 e. The number of halogens is 2. The van der Waals surface area contributed by atoms with Crippen LogP contribution in [0.15, 0.2) is 53.0 Å². The second-order valence-corrected chi connectivity index (χ2v) is 7.35. The molecule has 0 spiro atoms. The lowest BCUT2D eigenvalue weighted by Crippen LogP contribution is -2.46. The number of likely N-dealkylation sites (tertiary alicyclic amines) is 1. The first kappa shape index (κ1) is 18.0. The molecule has 0 saturated carbocycles. The minimum atomic E-state index is -0.0802. The third-order valence-corrected chi connectivity index (χ3v) is 5.19. The average molecular weight is 422 g/mol. The Hall–Kier alpha value is -1.85. The fourth-order valence-electron chi connectivity index (χ4n) is 2.90. The van der Waals surface area contributed by atoms with E-state index in [4.69, 9.17) is 11.6 Å². The summed E-state index contributed by atoms with van der Waals surface area (Å²) in [5, 5.41) is 3.52. The quantitative estimate of drug-likeness (QED) is 0.810. The fourth-order valence-corrected chi connectivity index (χ4v) is 3.38. The highest BCUT2D eigenvalue weighted by Gasteiger charge is 2.25. The van der Waals surface area contributed by atoms with Gasteiger partial charge in [0, 0.05) is 29.2 Å². The van der Waals surface area contributed by atoms with Crippen LogP contribution in [0.1, 0.15) is 33.6 Å². The van der Waals surface area contributed by atoms with Crippen LogP contribution in [0.2, 0.25) is 5.02 Å². The van der Waals surface area contributed by atoms with Crippen LogP contribution in [0.3, 0.4) is 0 Å². The minimum Gasteiger partial charge on any atom is -0.349 e. The molecule has 2 amide bonds. The van der Waals surface area contributed by atoms with E-state index in [1.165, 1.54) is 0 Å². The van der Waals surface area contributed by atoms with Crippen molar-refractivity contribution in [1.29, 1.82) is 0 Å². The summed E-state index contributed by atoms with van der Waals surface area (Å²) in [5.41, 5.74) is 1.17. The Morgan fingerprint density at radius 3 is 2.32 bits per heavy atom. The van der Waals surface area contributed by atoms with Crippen molar-refractivity contribution in [3.05, 3.63) is 69.2 Å². The molecule has 2 aromatic carbocycles. The maximum absolute atomic E-state index is 12.6. The number of carbonyl (C=O) groups is 2. The monoisotopic (exact) mass is 420 g/mol. The van der Waals surface area contributed by atoms with Crippen LogP contribution in [0, 0.1) is 0 Å². The summed E-state index contributed by atoms with van der Waals surface area (Å²) in [7, 11) is 0. The van der Waals surface area contributed by atoms with Gasteiger partial charge in [0.1, 0.15) is 0 Å². The Balaban J connectivity index is 1.55. The van der Waals surface area contributed by atoms with E-state index in [0.717, 1.165) is 17.3 Å². The highest BCUT2D eigenvalue weighted by Crippen LogP contribution is 2.20. The molecule has 0 aromatic heterocycles. The third kappa shape index (κ3) is 4.41. The van der Waals surface area contributed by atoms with Crippen molar-refractivity contribution in [1.82, 2.24) is 10.2 Å². The molecule has 1 aliphatic rings. The number of benzene rings is 2. The highest BCUT2D eigenvalue weighted by atomic mass is 79.9. The van der Waals surface area contributed by atoms with Crippen LogP contribution >= 0.6 is 27.5 Å². The van der Waals surface area contributed by atoms with Gasteiger partial charge in [-0.25, -0.2) is 0 Å². The zero-order valence-corrected chi connectivity index (χ0v) is 15.9. The molecule has 4 nitrogen and oxygen atoms in total. The van der Waals surface area contributed by atoms with Gasteiger partial charge in [-0.2, -0.15) is 0 Å². The van der Waals surface area contributed by atoms with Gasteiger partial charge < -0.3 is 10.2 Å².